The number of carbonyl (C=O) groups is 1. The van der Waals surface area contributed by atoms with Gasteiger partial charge in [-0.3, -0.25) is 9.78 Å². The number of phenolic OH excluding ortho intramolecular Hbond substituents is 1. The molecule has 0 radical (unpaired) electrons. The molecule has 1 heterocycles. The van der Waals surface area contributed by atoms with E-state index >= 15 is 0 Å². The molecule has 0 aliphatic carbocycles. The Kier molecular flexibility index (Phi) is 3.89. The highest BCUT2D eigenvalue weighted by Gasteiger charge is 2.10. The van der Waals surface area contributed by atoms with Crippen LogP contribution in [0.3, 0.4) is 0 Å². The fraction of sp³-hybridized carbons (Fsp3) is 0.200. The number of aromatic nitrogens is 1. The van der Waals surface area contributed by atoms with E-state index in [4.69, 9.17) is 5.73 Å². The van der Waals surface area contributed by atoms with Crippen molar-refractivity contribution >= 4 is 17.3 Å². The van der Waals surface area contributed by atoms with Crippen LogP contribution in [-0.4, -0.2) is 16.0 Å². The minimum absolute atomic E-state index is 0.0919. The number of aromatic hydroxyl groups is 1. The number of rotatable bonds is 3. The zero-order chi connectivity index (χ0) is 14.7. The molecule has 0 saturated heterocycles. The third-order valence-electron chi connectivity index (χ3n) is 2.91. The number of carbonyl (C=O) groups excluding carboxylic acids is 1. The number of amides is 1. The standard InChI is InChI=1S/C15H17N3O2/c1-9-5-10(2)15(20)13(6-9)18-14(19)7-12-4-3-11(16)8-17-12/h3-6,8,20H,7,16H2,1-2H3,(H,18,19). The molecule has 1 amide bonds. The average molecular weight is 271 g/mol. The first-order chi connectivity index (χ1) is 9.45. The van der Waals surface area contributed by atoms with Gasteiger partial charge in [0.1, 0.15) is 5.75 Å². The summed E-state index contributed by atoms with van der Waals surface area (Å²) in [5.41, 5.74) is 8.84. The van der Waals surface area contributed by atoms with Crippen molar-refractivity contribution in [1.29, 1.82) is 0 Å². The lowest BCUT2D eigenvalue weighted by Crippen LogP contribution is -2.15. The maximum absolute atomic E-state index is 11.9. The van der Waals surface area contributed by atoms with Crippen molar-refractivity contribution < 1.29 is 9.90 Å². The molecular weight excluding hydrogens is 254 g/mol. The summed E-state index contributed by atoms with van der Waals surface area (Å²) in [7, 11) is 0. The molecule has 2 aromatic rings. The number of anilines is 2. The highest BCUT2D eigenvalue weighted by Crippen LogP contribution is 2.28. The summed E-state index contributed by atoms with van der Waals surface area (Å²) in [6.45, 7) is 3.70. The first-order valence-corrected chi connectivity index (χ1v) is 6.26. The quantitative estimate of drug-likeness (QED) is 0.746. The number of nitrogens with one attached hydrogen (secondary N) is 1. The number of benzene rings is 1. The minimum atomic E-state index is -0.234. The molecule has 0 unspecified atom stereocenters. The number of phenols is 1. The summed E-state index contributed by atoms with van der Waals surface area (Å²) in [5.74, 6) is -0.142. The number of hydrogen-bond acceptors (Lipinski definition) is 4. The van der Waals surface area contributed by atoms with E-state index in [-0.39, 0.29) is 18.1 Å². The van der Waals surface area contributed by atoms with Gasteiger partial charge >= 0.3 is 0 Å². The van der Waals surface area contributed by atoms with Gasteiger partial charge in [-0.05, 0) is 43.2 Å². The van der Waals surface area contributed by atoms with Crippen molar-refractivity contribution in [3.63, 3.8) is 0 Å². The summed E-state index contributed by atoms with van der Waals surface area (Å²) in [5, 5.41) is 12.6. The van der Waals surface area contributed by atoms with Crippen LogP contribution < -0.4 is 11.1 Å². The second kappa shape index (κ2) is 5.61. The molecule has 0 spiro atoms. The van der Waals surface area contributed by atoms with Gasteiger partial charge in [0.15, 0.2) is 0 Å². The van der Waals surface area contributed by atoms with Crippen molar-refractivity contribution in [3.8, 4) is 5.75 Å². The number of pyridine rings is 1. The van der Waals surface area contributed by atoms with Gasteiger partial charge in [0, 0.05) is 5.69 Å². The van der Waals surface area contributed by atoms with Crippen molar-refractivity contribution in [2.24, 2.45) is 0 Å². The SMILES string of the molecule is Cc1cc(C)c(O)c(NC(=O)Cc2ccc(N)cn2)c1. The monoisotopic (exact) mass is 271 g/mol. The average Bonchev–Trinajstić information content (AvgIpc) is 2.38. The minimum Gasteiger partial charge on any atom is -0.505 e. The smallest absolute Gasteiger partial charge is 0.230 e. The number of nitrogens with zero attached hydrogens (tertiary/aromatic N) is 1. The molecule has 0 aliphatic rings. The summed E-state index contributed by atoms with van der Waals surface area (Å²) >= 11 is 0. The Morgan fingerprint density at radius 1 is 1.35 bits per heavy atom. The van der Waals surface area contributed by atoms with Crippen molar-refractivity contribution in [2.75, 3.05) is 11.1 Å². The molecule has 5 nitrogen and oxygen atoms in total. The molecular formula is C15H17N3O2. The Morgan fingerprint density at radius 2 is 2.10 bits per heavy atom. The zero-order valence-corrected chi connectivity index (χ0v) is 11.5. The van der Waals surface area contributed by atoms with Gasteiger partial charge in [-0.1, -0.05) is 6.07 Å². The van der Waals surface area contributed by atoms with Crippen LogP contribution in [-0.2, 0) is 11.2 Å². The summed E-state index contributed by atoms with van der Waals surface area (Å²) in [6, 6.07) is 6.99. The molecule has 20 heavy (non-hydrogen) atoms. The molecule has 1 aromatic carbocycles. The predicted molar refractivity (Wildman–Crippen MR) is 78.6 cm³/mol. The van der Waals surface area contributed by atoms with Crippen molar-refractivity contribution in [2.45, 2.75) is 20.3 Å². The van der Waals surface area contributed by atoms with Gasteiger partial charge in [-0.25, -0.2) is 0 Å². The van der Waals surface area contributed by atoms with Gasteiger partial charge in [0.2, 0.25) is 5.91 Å². The van der Waals surface area contributed by atoms with Gasteiger partial charge in [-0.15, -0.1) is 0 Å². The van der Waals surface area contributed by atoms with Crippen molar-refractivity contribution in [1.82, 2.24) is 4.98 Å². The van der Waals surface area contributed by atoms with Gasteiger partial charge < -0.3 is 16.2 Å². The molecule has 0 aliphatic heterocycles. The van der Waals surface area contributed by atoms with E-state index in [0.717, 1.165) is 11.1 Å². The Labute approximate surface area is 117 Å². The lowest BCUT2D eigenvalue weighted by molar-refractivity contribution is -0.115. The Hall–Kier alpha value is -2.56. The summed E-state index contributed by atoms with van der Waals surface area (Å²) < 4.78 is 0. The largest absolute Gasteiger partial charge is 0.505 e. The maximum atomic E-state index is 11.9. The van der Waals surface area contributed by atoms with E-state index in [1.165, 1.54) is 6.20 Å². The third-order valence-corrected chi connectivity index (χ3v) is 2.91. The van der Waals surface area contributed by atoms with Crippen LogP contribution in [0.15, 0.2) is 30.5 Å². The fourth-order valence-corrected chi connectivity index (χ4v) is 1.95. The maximum Gasteiger partial charge on any atom is 0.230 e. The first kappa shape index (κ1) is 13.9. The number of nitrogen functional groups attached to an aromatic ring is 1. The number of nitrogens with two attached hydrogens (primary N) is 1. The van der Waals surface area contributed by atoms with E-state index < -0.39 is 0 Å². The molecule has 1 aromatic heterocycles. The summed E-state index contributed by atoms with van der Waals surface area (Å²) in [6.07, 6.45) is 1.64. The van der Waals surface area contributed by atoms with E-state index in [0.29, 0.717) is 17.1 Å². The molecule has 5 heteroatoms. The van der Waals surface area contributed by atoms with Crippen LogP contribution in [0.4, 0.5) is 11.4 Å². The first-order valence-electron chi connectivity index (χ1n) is 6.26. The van der Waals surface area contributed by atoms with E-state index in [1.807, 2.05) is 13.0 Å². The predicted octanol–water partition coefficient (Wildman–Crippen LogP) is 2.17. The van der Waals surface area contributed by atoms with Gasteiger partial charge in [0.05, 0.1) is 24.0 Å². The van der Waals surface area contributed by atoms with E-state index in [9.17, 15) is 9.90 Å². The van der Waals surface area contributed by atoms with Gasteiger partial charge in [0.25, 0.3) is 0 Å². The molecule has 2 rings (SSSR count). The zero-order valence-electron chi connectivity index (χ0n) is 11.5. The number of aryl methyl sites for hydroxylation is 2. The molecule has 4 N–H and O–H groups in total. The van der Waals surface area contributed by atoms with E-state index in [2.05, 4.69) is 10.3 Å². The van der Waals surface area contributed by atoms with E-state index in [1.54, 1.807) is 25.1 Å². The van der Waals surface area contributed by atoms with Crippen LogP contribution in [0.2, 0.25) is 0 Å². The normalized spacial score (nSPS) is 10.3. The highest BCUT2D eigenvalue weighted by atomic mass is 16.3. The number of hydrogen-bond donors (Lipinski definition) is 3. The lowest BCUT2D eigenvalue weighted by atomic mass is 10.1. The van der Waals surface area contributed by atoms with Crippen LogP contribution in [0.5, 0.6) is 5.75 Å². The van der Waals surface area contributed by atoms with Crippen LogP contribution >= 0.6 is 0 Å². The van der Waals surface area contributed by atoms with Crippen LogP contribution in [0.25, 0.3) is 0 Å². The topological polar surface area (TPSA) is 88.2 Å². The third kappa shape index (κ3) is 3.26. The second-order valence-corrected chi connectivity index (χ2v) is 4.79. The van der Waals surface area contributed by atoms with Crippen LogP contribution in [0, 0.1) is 13.8 Å². The Morgan fingerprint density at radius 3 is 2.75 bits per heavy atom. The van der Waals surface area contributed by atoms with Crippen LogP contribution in [0.1, 0.15) is 16.8 Å². The molecule has 0 bridgehead atoms. The molecule has 0 saturated carbocycles. The lowest BCUT2D eigenvalue weighted by Gasteiger charge is -2.10. The Balaban J connectivity index is 2.10. The Bertz CT molecular complexity index is 636. The fourth-order valence-electron chi connectivity index (χ4n) is 1.95. The second-order valence-electron chi connectivity index (χ2n) is 4.79. The molecule has 0 fully saturated rings. The molecule has 0 atom stereocenters. The molecule has 104 valence electrons. The van der Waals surface area contributed by atoms with Crippen molar-refractivity contribution in [3.05, 3.63) is 47.3 Å². The summed E-state index contributed by atoms with van der Waals surface area (Å²) in [4.78, 5) is 16.0. The van der Waals surface area contributed by atoms with Gasteiger partial charge in [-0.2, -0.15) is 0 Å². The highest BCUT2D eigenvalue weighted by molar-refractivity contribution is 5.93.